The second-order valence-electron chi connectivity index (χ2n) is 8.51. The van der Waals surface area contributed by atoms with E-state index >= 15 is 0 Å². The van der Waals surface area contributed by atoms with Crippen molar-refractivity contribution in [1.82, 2.24) is 4.57 Å². The Hall–Kier alpha value is -2.53. The topological polar surface area (TPSA) is 9.37 Å². The number of benzene rings is 2. The maximum Gasteiger partial charge on any atom is 0.416 e. The van der Waals surface area contributed by atoms with E-state index in [2.05, 4.69) is 67.9 Å². The minimum absolute atomic E-state index is 0.495. The van der Waals surface area contributed by atoms with E-state index in [0.29, 0.717) is 12.5 Å². The van der Waals surface area contributed by atoms with Crippen LogP contribution in [0.2, 0.25) is 0 Å². The average Bonchev–Trinajstić information content (AvgIpc) is 3.07. The van der Waals surface area contributed by atoms with Crippen molar-refractivity contribution < 1.29 is 18.1 Å². The highest BCUT2D eigenvalue weighted by molar-refractivity contribution is 5.24. The van der Waals surface area contributed by atoms with Crippen molar-refractivity contribution in [2.45, 2.75) is 46.6 Å². The summed E-state index contributed by atoms with van der Waals surface area (Å²) in [6, 6.07) is 18.3. The fourth-order valence-electron chi connectivity index (χ4n) is 3.91. The van der Waals surface area contributed by atoms with Crippen molar-refractivity contribution in [2.75, 3.05) is 6.54 Å². The van der Waals surface area contributed by atoms with Gasteiger partial charge in [0.1, 0.15) is 13.1 Å². The summed E-state index contributed by atoms with van der Waals surface area (Å²) in [6.45, 7) is 9.76. The Labute approximate surface area is 177 Å². The van der Waals surface area contributed by atoms with Crippen LogP contribution in [0.4, 0.5) is 13.2 Å². The van der Waals surface area contributed by atoms with E-state index in [4.69, 9.17) is 0 Å². The Morgan fingerprint density at radius 2 is 1.63 bits per heavy atom. The van der Waals surface area contributed by atoms with Gasteiger partial charge in [0.15, 0.2) is 0 Å². The van der Waals surface area contributed by atoms with Crippen molar-refractivity contribution in [3.8, 4) is 0 Å². The smallest absolute Gasteiger partial charge is 0.342 e. The first-order valence-corrected chi connectivity index (χ1v) is 10.4. The molecular formula is C25H30F3N2+. The lowest BCUT2D eigenvalue weighted by atomic mass is 10.1. The molecule has 0 aliphatic rings. The van der Waals surface area contributed by atoms with Gasteiger partial charge in [0.25, 0.3) is 0 Å². The van der Waals surface area contributed by atoms with Crippen LogP contribution in [-0.4, -0.2) is 11.1 Å². The molecule has 0 spiro atoms. The summed E-state index contributed by atoms with van der Waals surface area (Å²) in [4.78, 5) is 1.34. The molecule has 0 aliphatic heterocycles. The summed E-state index contributed by atoms with van der Waals surface area (Å²) in [5.41, 5.74) is 4.08. The molecule has 30 heavy (non-hydrogen) atoms. The van der Waals surface area contributed by atoms with Gasteiger partial charge in [-0.15, -0.1) is 0 Å². The predicted molar refractivity (Wildman–Crippen MR) is 114 cm³/mol. The number of hydrogen-bond donors (Lipinski definition) is 1. The number of aromatic nitrogens is 1. The molecule has 3 rings (SSSR count). The van der Waals surface area contributed by atoms with Gasteiger partial charge in [-0.1, -0.05) is 55.8 Å². The first kappa shape index (κ1) is 22.2. The normalized spacial score (nSPS) is 13.0. The van der Waals surface area contributed by atoms with Gasteiger partial charge in [-0.2, -0.15) is 13.2 Å². The fraction of sp³-hybridized carbons (Fsp3) is 0.360. The SMILES string of the molecule is Cc1cccc(Cn2cccc2C[NH+](Cc2ccc(C(F)(F)F)cc2)CC(C)C)c1. The van der Waals surface area contributed by atoms with E-state index in [9.17, 15) is 13.2 Å². The number of nitrogens with zero attached hydrogens (tertiary/aromatic N) is 1. The summed E-state index contributed by atoms with van der Waals surface area (Å²) in [6.07, 6.45) is -2.19. The van der Waals surface area contributed by atoms with Crippen LogP contribution in [0.15, 0.2) is 66.9 Å². The number of quaternary nitrogens is 1. The Kier molecular flexibility index (Phi) is 7.03. The van der Waals surface area contributed by atoms with Crippen molar-refractivity contribution in [3.05, 3.63) is 94.8 Å². The Bertz CT molecular complexity index is 940. The van der Waals surface area contributed by atoms with Gasteiger partial charge in [-0.05, 0) is 36.8 Å². The van der Waals surface area contributed by atoms with Crippen LogP contribution in [0.5, 0.6) is 0 Å². The van der Waals surface area contributed by atoms with Crippen molar-refractivity contribution in [3.63, 3.8) is 0 Å². The molecule has 0 bridgehead atoms. The molecule has 5 heteroatoms. The second kappa shape index (κ2) is 9.52. The molecule has 1 N–H and O–H groups in total. The molecule has 3 aromatic rings. The van der Waals surface area contributed by atoms with Gasteiger partial charge in [-0.3, -0.25) is 0 Å². The molecule has 1 unspecified atom stereocenters. The monoisotopic (exact) mass is 415 g/mol. The number of aryl methyl sites for hydroxylation is 1. The first-order chi connectivity index (χ1) is 14.2. The van der Waals surface area contributed by atoms with E-state index < -0.39 is 11.7 Å². The minimum atomic E-state index is -4.29. The van der Waals surface area contributed by atoms with Gasteiger partial charge in [0.05, 0.1) is 17.8 Å². The third kappa shape index (κ3) is 6.23. The standard InChI is InChI=1S/C25H29F3N2/c1-19(2)15-29(16-21-9-11-23(12-10-21)25(26,27)28)18-24-8-5-13-30(24)17-22-7-4-6-20(3)14-22/h4-14,19H,15-18H2,1-3H3/p+1. The van der Waals surface area contributed by atoms with Crippen molar-refractivity contribution in [1.29, 1.82) is 0 Å². The molecule has 160 valence electrons. The first-order valence-electron chi connectivity index (χ1n) is 10.4. The number of hydrogen-bond acceptors (Lipinski definition) is 0. The Morgan fingerprint density at radius 3 is 2.27 bits per heavy atom. The maximum atomic E-state index is 12.8. The van der Waals surface area contributed by atoms with Crippen LogP contribution >= 0.6 is 0 Å². The molecule has 1 atom stereocenters. The molecule has 0 saturated carbocycles. The van der Waals surface area contributed by atoms with Gasteiger partial charge < -0.3 is 9.47 Å². The molecule has 0 amide bonds. The summed E-state index contributed by atoms with van der Waals surface area (Å²) in [5.74, 6) is 0.495. The molecule has 1 aromatic heterocycles. The lowest BCUT2D eigenvalue weighted by molar-refractivity contribution is -0.930. The van der Waals surface area contributed by atoms with E-state index in [0.717, 1.165) is 25.2 Å². The molecule has 0 saturated heterocycles. The van der Waals surface area contributed by atoms with Crippen LogP contribution < -0.4 is 4.90 Å². The Morgan fingerprint density at radius 1 is 0.900 bits per heavy atom. The molecule has 2 aromatic carbocycles. The zero-order chi connectivity index (χ0) is 21.7. The van der Waals surface area contributed by atoms with Crippen LogP contribution in [0, 0.1) is 12.8 Å². The molecule has 0 fully saturated rings. The highest BCUT2D eigenvalue weighted by atomic mass is 19.4. The van der Waals surface area contributed by atoms with Crippen LogP contribution in [0.1, 0.15) is 41.8 Å². The molecule has 2 nitrogen and oxygen atoms in total. The van der Waals surface area contributed by atoms with Crippen LogP contribution in [0.25, 0.3) is 0 Å². The second-order valence-corrected chi connectivity index (χ2v) is 8.51. The lowest BCUT2D eigenvalue weighted by Gasteiger charge is -2.23. The van der Waals surface area contributed by atoms with Gasteiger partial charge >= 0.3 is 6.18 Å². The van der Waals surface area contributed by atoms with E-state index in [1.54, 1.807) is 12.1 Å². The number of nitrogens with one attached hydrogen (secondary N) is 1. The van der Waals surface area contributed by atoms with Crippen LogP contribution in [-0.2, 0) is 25.8 Å². The largest absolute Gasteiger partial charge is 0.416 e. The number of halogens is 3. The van der Waals surface area contributed by atoms with Crippen molar-refractivity contribution in [2.24, 2.45) is 5.92 Å². The summed E-state index contributed by atoms with van der Waals surface area (Å²) < 4.78 is 40.8. The molecule has 1 heterocycles. The number of alkyl halides is 3. The van der Waals surface area contributed by atoms with Gasteiger partial charge in [-0.25, -0.2) is 0 Å². The number of rotatable bonds is 8. The zero-order valence-corrected chi connectivity index (χ0v) is 17.8. The molecule has 0 aliphatic carbocycles. The molecular weight excluding hydrogens is 385 g/mol. The Balaban J connectivity index is 1.73. The zero-order valence-electron chi connectivity index (χ0n) is 17.8. The minimum Gasteiger partial charge on any atom is -0.342 e. The van der Waals surface area contributed by atoms with Gasteiger partial charge in [0, 0.05) is 24.2 Å². The molecule has 0 radical (unpaired) electrons. The van der Waals surface area contributed by atoms with Crippen molar-refractivity contribution >= 4 is 0 Å². The summed E-state index contributed by atoms with van der Waals surface area (Å²) in [5, 5.41) is 0. The van der Waals surface area contributed by atoms with E-state index in [1.165, 1.54) is 33.9 Å². The summed E-state index contributed by atoms with van der Waals surface area (Å²) >= 11 is 0. The third-order valence-electron chi connectivity index (χ3n) is 5.22. The van der Waals surface area contributed by atoms with Crippen LogP contribution in [0.3, 0.4) is 0 Å². The van der Waals surface area contributed by atoms with E-state index in [1.807, 2.05) is 0 Å². The van der Waals surface area contributed by atoms with E-state index in [-0.39, 0.29) is 0 Å². The predicted octanol–water partition coefficient (Wildman–Crippen LogP) is 5.10. The van der Waals surface area contributed by atoms with Gasteiger partial charge in [0.2, 0.25) is 0 Å². The highest BCUT2D eigenvalue weighted by Crippen LogP contribution is 2.29. The maximum absolute atomic E-state index is 12.8. The highest BCUT2D eigenvalue weighted by Gasteiger charge is 2.30. The fourth-order valence-corrected chi connectivity index (χ4v) is 3.91. The quantitative estimate of drug-likeness (QED) is 0.524. The summed E-state index contributed by atoms with van der Waals surface area (Å²) in [7, 11) is 0. The lowest BCUT2D eigenvalue weighted by Crippen LogP contribution is -3.10. The average molecular weight is 416 g/mol. The third-order valence-corrected chi connectivity index (χ3v) is 5.22.